The number of nitrogens with one attached hydrogen (secondary N) is 1. The van der Waals surface area contributed by atoms with Crippen LogP contribution in [0.4, 0.5) is 0 Å². The van der Waals surface area contributed by atoms with E-state index in [1.165, 1.54) is 7.11 Å². The number of halogens is 1. The Morgan fingerprint density at radius 1 is 1.12 bits per heavy atom. The molecule has 0 spiro atoms. The SMILES string of the molecule is COC(=O)C1=C(C)NC2=C(C(=O)CCC2)[C@H]1c1ccc(OCc2cccc(Cl)c2)c(OC)c1. The number of methoxy groups -OCH3 is 2. The highest BCUT2D eigenvalue weighted by molar-refractivity contribution is 6.30. The summed E-state index contributed by atoms with van der Waals surface area (Å²) in [6.45, 7) is 2.16. The van der Waals surface area contributed by atoms with Crippen LogP contribution in [0, 0.1) is 0 Å². The van der Waals surface area contributed by atoms with Gasteiger partial charge in [-0.25, -0.2) is 4.79 Å². The molecule has 172 valence electrons. The number of carbonyl (C=O) groups is 2. The molecule has 0 radical (unpaired) electrons. The lowest BCUT2D eigenvalue weighted by Crippen LogP contribution is -2.34. The lowest BCUT2D eigenvalue weighted by Gasteiger charge is -2.34. The fourth-order valence-electron chi connectivity index (χ4n) is 4.47. The Labute approximate surface area is 198 Å². The van der Waals surface area contributed by atoms with Crippen LogP contribution in [0.1, 0.15) is 43.2 Å². The monoisotopic (exact) mass is 467 g/mol. The van der Waals surface area contributed by atoms with Gasteiger partial charge in [0.15, 0.2) is 17.3 Å². The summed E-state index contributed by atoms with van der Waals surface area (Å²) < 4.78 is 16.6. The molecule has 1 aliphatic carbocycles. The molecule has 0 fully saturated rings. The smallest absolute Gasteiger partial charge is 0.336 e. The summed E-state index contributed by atoms with van der Waals surface area (Å²) in [4.78, 5) is 25.7. The molecule has 0 bridgehead atoms. The average Bonchev–Trinajstić information content (AvgIpc) is 2.81. The third-order valence-electron chi connectivity index (χ3n) is 5.99. The zero-order valence-electron chi connectivity index (χ0n) is 18.9. The summed E-state index contributed by atoms with van der Waals surface area (Å²) in [6, 6.07) is 13.0. The minimum Gasteiger partial charge on any atom is -0.493 e. The number of ketones is 1. The molecule has 2 aromatic rings. The van der Waals surface area contributed by atoms with Crippen molar-refractivity contribution in [3.63, 3.8) is 0 Å². The van der Waals surface area contributed by atoms with Crippen LogP contribution in [-0.2, 0) is 20.9 Å². The first-order chi connectivity index (χ1) is 15.9. The van der Waals surface area contributed by atoms with Gasteiger partial charge in [-0.05, 0) is 55.2 Å². The molecular formula is C26H26ClNO5. The largest absolute Gasteiger partial charge is 0.493 e. The molecule has 6 nitrogen and oxygen atoms in total. The molecule has 0 saturated carbocycles. The van der Waals surface area contributed by atoms with Crippen molar-refractivity contribution in [1.29, 1.82) is 0 Å². The standard InChI is InChI=1S/C26H26ClNO5/c1-15-23(26(30)32-3)24(25-19(28-15)8-5-9-20(25)29)17-10-11-21(22(13-17)31-2)33-14-16-6-4-7-18(27)12-16/h4,6-7,10-13,24,28H,5,8-9,14H2,1-3H3/t24-/m0/s1. The van der Waals surface area contributed by atoms with Gasteiger partial charge in [-0.1, -0.05) is 29.8 Å². The molecular weight excluding hydrogens is 442 g/mol. The molecule has 2 aromatic carbocycles. The lowest BCUT2D eigenvalue weighted by atomic mass is 9.75. The van der Waals surface area contributed by atoms with Crippen LogP contribution in [0.3, 0.4) is 0 Å². The number of Topliss-reactive ketones (excluding diaryl/α,β-unsaturated/α-hetero) is 1. The van der Waals surface area contributed by atoms with Crippen LogP contribution in [0.25, 0.3) is 0 Å². The highest BCUT2D eigenvalue weighted by Crippen LogP contribution is 2.44. The van der Waals surface area contributed by atoms with E-state index >= 15 is 0 Å². The minimum absolute atomic E-state index is 0.0444. The van der Waals surface area contributed by atoms with Gasteiger partial charge in [0, 0.05) is 34.3 Å². The molecule has 1 heterocycles. The number of carbonyl (C=O) groups excluding carboxylic acids is 2. The highest BCUT2D eigenvalue weighted by atomic mass is 35.5. The second kappa shape index (κ2) is 9.71. The van der Waals surface area contributed by atoms with E-state index in [0.29, 0.717) is 46.4 Å². The second-order valence-corrected chi connectivity index (χ2v) is 8.52. The van der Waals surface area contributed by atoms with Crippen LogP contribution in [0.2, 0.25) is 5.02 Å². The first kappa shape index (κ1) is 22.9. The fourth-order valence-corrected chi connectivity index (χ4v) is 4.68. The summed E-state index contributed by atoms with van der Waals surface area (Å²) in [5, 5.41) is 3.91. The second-order valence-electron chi connectivity index (χ2n) is 8.09. The van der Waals surface area contributed by atoms with Crippen molar-refractivity contribution in [1.82, 2.24) is 5.32 Å². The van der Waals surface area contributed by atoms with E-state index in [2.05, 4.69) is 5.32 Å². The maximum Gasteiger partial charge on any atom is 0.336 e. The van der Waals surface area contributed by atoms with Crippen molar-refractivity contribution in [3.8, 4) is 11.5 Å². The normalized spacial score (nSPS) is 17.9. The lowest BCUT2D eigenvalue weighted by molar-refractivity contribution is -0.136. The topological polar surface area (TPSA) is 73.9 Å². The highest BCUT2D eigenvalue weighted by Gasteiger charge is 2.39. The molecule has 4 rings (SSSR count). The average molecular weight is 468 g/mol. The van der Waals surface area contributed by atoms with Crippen LogP contribution >= 0.6 is 11.6 Å². The Hall–Kier alpha value is -3.25. The van der Waals surface area contributed by atoms with E-state index in [-0.39, 0.29) is 5.78 Å². The number of benzene rings is 2. The first-order valence-electron chi connectivity index (χ1n) is 10.8. The van der Waals surface area contributed by atoms with Crippen LogP contribution < -0.4 is 14.8 Å². The molecule has 0 amide bonds. The van der Waals surface area contributed by atoms with Crippen LogP contribution in [-0.4, -0.2) is 26.0 Å². The minimum atomic E-state index is -0.530. The maximum absolute atomic E-state index is 12.9. The van der Waals surface area contributed by atoms with E-state index in [0.717, 1.165) is 29.7 Å². The van der Waals surface area contributed by atoms with Gasteiger partial charge in [0.25, 0.3) is 0 Å². The molecule has 1 N–H and O–H groups in total. The van der Waals surface area contributed by atoms with Gasteiger partial charge in [-0.15, -0.1) is 0 Å². The van der Waals surface area contributed by atoms with Gasteiger partial charge in [-0.2, -0.15) is 0 Å². The van der Waals surface area contributed by atoms with Crippen molar-refractivity contribution in [3.05, 3.63) is 81.2 Å². The molecule has 0 aromatic heterocycles. The van der Waals surface area contributed by atoms with Crippen LogP contribution in [0.5, 0.6) is 11.5 Å². The van der Waals surface area contributed by atoms with Gasteiger partial charge >= 0.3 is 5.97 Å². The zero-order chi connectivity index (χ0) is 23.5. The third kappa shape index (κ3) is 4.62. The van der Waals surface area contributed by atoms with Gasteiger partial charge in [-0.3, -0.25) is 4.79 Å². The molecule has 33 heavy (non-hydrogen) atoms. The van der Waals surface area contributed by atoms with Gasteiger partial charge in [0.2, 0.25) is 0 Å². The van der Waals surface area contributed by atoms with Gasteiger partial charge in [0.1, 0.15) is 6.61 Å². The summed E-state index contributed by atoms with van der Waals surface area (Å²) in [7, 11) is 2.91. The molecule has 1 aliphatic heterocycles. The number of hydrogen-bond acceptors (Lipinski definition) is 6. The number of esters is 1. The molecule has 0 unspecified atom stereocenters. The quantitative estimate of drug-likeness (QED) is 0.598. The van der Waals surface area contributed by atoms with Crippen molar-refractivity contribution in [2.75, 3.05) is 14.2 Å². The van der Waals surface area contributed by atoms with E-state index < -0.39 is 11.9 Å². The van der Waals surface area contributed by atoms with Crippen molar-refractivity contribution in [2.45, 2.75) is 38.7 Å². The molecule has 0 saturated heterocycles. The van der Waals surface area contributed by atoms with Gasteiger partial charge in [0.05, 0.1) is 19.8 Å². The summed E-state index contributed by atoms with van der Waals surface area (Å²) in [5.41, 5.74) is 4.33. The maximum atomic E-state index is 12.9. The Bertz CT molecular complexity index is 1170. The summed E-state index contributed by atoms with van der Waals surface area (Å²) in [6.07, 6.45) is 2.02. The van der Waals surface area contributed by atoms with Crippen LogP contribution in [0.15, 0.2) is 65.0 Å². The van der Waals surface area contributed by atoms with E-state index in [1.54, 1.807) is 13.2 Å². The molecule has 2 aliphatic rings. The third-order valence-corrected chi connectivity index (χ3v) is 6.22. The zero-order valence-corrected chi connectivity index (χ0v) is 19.6. The summed E-state index contributed by atoms with van der Waals surface area (Å²) in [5.74, 6) is 0.121. The van der Waals surface area contributed by atoms with E-state index in [1.807, 2.05) is 43.3 Å². The van der Waals surface area contributed by atoms with E-state index in [4.69, 9.17) is 25.8 Å². The Balaban J connectivity index is 1.72. The number of ether oxygens (including phenoxy) is 3. The van der Waals surface area contributed by atoms with Crippen molar-refractivity contribution >= 4 is 23.4 Å². The first-order valence-corrected chi connectivity index (χ1v) is 11.2. The fraction of sp³-hybridized carbons (Fsp3) is 0.308. The Morgan fingerprint density at radius 2 is 1.94 bits per heavy atom. The molecule has 1 atom stereocenters. The predicted molar refractivity (Wildman–Crippen MR) is 125 cm³/mol. The van der Waals surface area contributed by atoms with Crippen molar-refractivity contribution in [2.24, 2.45) is 0 Å². The number of dihydropyridines is 1. The number of hydrogen-bond donors (Lipinski definition) is 1. The number of rotatable bonds is 6. The summed E-state index contributed by atoms with van der Waals surface area (Å²) >= 11 is 6.06. The van der Waals surface area contributed by atoms with E-state index in [9.17, 15) is 9.59 Å². The predicted octanol–water partition coefficient (Wildman–Crippen LogP) is 5.07. The Morgan fingerprint density at radius 3 is 2.67 bits per heavy atom. The Kier molecular flexibility index (Phi) is 6.75. The molecule has 7 heteroatoms. The van der Waals surface area contributed by atoms with Crippen molar-refractivity contribution < 1.29 is 23.8 Å². The van der Waals surface area contributed by atoms with Gasteiger partial charge < -0.3 is 19.5 Å². The number of allylic oxidation sites excluding steroid dienone is 3.